The average Bonchev–Trinajstić information content (AvgIpc) is 2.50. The van der Waals surface area contributed by atoms with Crippen LogP contribution in [-0.4, -0.2) is 35.6 Å². The number of carbonyl (C=O) groups is 4. The summed E-state index contributed by atoms with van der Waals surface area (Å²) in [6.07, 6.45) is -1.94. The fourth-order valence-electron chi connectivity index (χ4n) is 1.61. The van der Waals surface area contributed by atoms with Crippen molar-refractivity contribution in [2.45, 2.75) is 25.0 Å². The summed E-state index contributed by atoms with van der Waals surface area (Å²) in [6.45, 7) is 1.06. The smallest absolute Gasteiger partial charge is 0.363 e. The summed E-state index contributed by atoms with van der Waals surface area (Å²) in [7, 11) is 0. The number of ether oxygens (including phenoxy) is 3. The van der Waals surface area contributed by atoms with Crippen LogP contribution in [0.15, 0.2) is 0 Å². The average molecular weight is 214 g/mol. The molecule has 0 aromatic carbocycles. The molecule has 2 fully saturated rings. The molecule has 0 spiro atoms. The third-order valence-electron chi connectivity index (χ3n) is 2.16. The van der Waals surface area contributed by atoms with Crippen molar-refractivity contribution in [1.29, 1.82) is 0 Å². The number of hydrogen-bond donors (Lipinski definition) is 0. The monoisotopic (exact) mass is 214 g/mol. The quantitative estimate of drug-likeness (QED) is 0.303. The van der Waals surface area contributed by atoms with Crippen LogP contribution in [0.4, 0.5) is 0 Å². The standard InChI is InChI=1S/C8H6O7/c1-3(9)15-8-2-4(10)13-5(8)6(11)14-7(8)12/h5H,2H2,1H3. The largest absolute Gasteiger partial charge is 0.445 e. The first-order valence-electron chi connectivity index (χ1n) is 4.11. The molecule has 7 nitrogen and oxygen atoms in total. The molecular formula is C8H6O7. The lowest BCUT2D eigenvalue weighted by atomic mass is 9.98. The summed E-state index contributed by atoms with van der Waals surface area (Å²) in [4.78, 5) is 44.2. The van der Waals surface area contributed by atoms with Gasteiger partial charge >= 0.3 is 23.9 Å². The predicted molar refractivity (Wildman–Crippen MR) is 40.1 cm³/mol. The van der Waals surface area contributed by atoms with Crippen molar-refractivity contribution < 1.29 is 33.4 Å². The second kappa shape index (κ2) is 2.78. The van der Waals surface area contributed by atoms with Crippen LogP contribution in [0.25, 0.3) is 0 Å². The highest BCUT2D eigenvalue weighted by atomic mass is 16.7. The van der Waals surface area contributed by atoms with E-state index in [4.69, 9.17) is 4.74 Å². The second-order valence-corrected chi connectivity index (χ2v) is 3.24. The Morgan fingerprint density at radius 3 is 2.73 bits per heavy atom. The molecular weight excluding hydrogens is 208 g/mol. The molecule has 15 heavy (non-hydrogen) atoms. The zero-order valence-corrected chi connectivity index (χ0v) is 7.64. The Morgan fingerprint density at radius 1 is 1.47 bits per heavy atom. The third-order valence-corrected chi connectivity index (χ3v) is 2.16. The van der Waals surface area contributed by atoms with Gasteiger partial charge in [0, 0.05) is 6.92 Å². The molecule has 0 aromatic heterocycles. The summed E-state index contributed by atoms with van der Waals surface area (Å²) in [5.74, 6) is -3.62. The van der Waals surface area contributed by atoms with E-state index in [-0.39, 0.29) is 0 Å². The van der Waals surface area contributed by atoms with Crippen molar-refractivity contribution >= 4 is 23.9 Å². The summed E-state index contributed by atoms with van der Waals surface area (Å²) in [5.41, 5.74) is -1.90. The minimum Gasteiger partial charge on any atom is -0.445 e. The Balaban J connectivity index is 2.40. The van der Waals surface area contributed by atoms with E-state index in [0.29, 0.717) is 0 Å². The van der Waals surface area contributed by atoms with E-state index in [1.807, 2.05) is 0 Å². The van der Waals surface area contributed by atoms with Gasteiger partial charge in [-0.1, -0.05) is 0 Å². The molecule has 2 aliphatic heterocycles. The molecule has 0 radical (unpaired) electrons. The lowest BCUT2D eigenvalue weighted by molar-refractivity contribution is -0.172. The minimum absolute atomic E-state index is 0.484. The van der Waals surface area contributed by atoms with Crippen LogP contribution in [0.5, 0.6) is 0 Å². The minimum atomic E-state index is -1.90. The van der Waals surface area contributed by atoms with Crippen molar-refractivity contribution in [3.05, 3.63) is 0 Å². The van der Waals surface area contributed by atoms with E-state index < -0.39 is 42.0 Å². The van der Waals surface area contributed by atoms with Gasteiger partial charge in [-0.25, -0.2) is 9.59 Å². The van der Waals surface area contributed by atoms with Gasteiger partial charge in [-0.05, 0) is 0 Å². The lowest BCUT2D eigenvalue weighted by Crippen LogP contribution is -2.45. The van der Waals surface area contributed by atoms with Gasteiger partial charge in [-0.15, -0.1) is 0 Å². The summed E-state index contributed by atoms with van der Waals surface area (Å²) in [5, 5.41) is 0. The van der Waals surface area contributed by atoms with E-state index in [9.17, 15) is 19.2 Å². The maximum Gasteiger partial charge on any atom is 0.363 e. The fourth-order valence-corrected chi connectivity index (χ4v) is 1.61. The van der Waals surface area contributed by atoms with E-state index >= 15 is 0 Å². The summed E-state index contributed by atoms with van der Waals surface area (Å²) in [6, 6.07) is 0. The van der Waals surface area contributed by atoms with Gasteiger partial charge in [0.15, 0.2) is 0 Å². The van der Waals surface area contributed by atoms with Crippen LogP contribution in [0.2, 0.25) is 0 Å². The van der Waals surface area contributed by atoms with Crippen LogP contribution in [0, 0.1) is 0 Å². The highest BCUT2D eigenvalue weighted by Gasteiger charge is 2.68. The highest BCUT2D eigenvalue weighted by Crippen LogP contribution is 2.37. The highest BCUT2D eigenvalue weighted by molar-refractivity contribution is 6.08. The predicted octanol–water partition coefficient (Wildman–Crippen LogP) is -1.31. The van der Waals surface area contributed by atoms with Crippen LogP contribution < -0.4 is 0 Å². The molecule has 2 saturated heterocycles. The number of cyclic esters (lactones) is 2. The molecule has 2 aliphatic rings. The third kappa shape index (κ3) is 1.19. The van der Waals surface area contributed by atoms with Crippen molar-refractivity contribution in [3.63, 3.8) is 0 Å². The van der Waals surface area contributed by atoms with E-state index in [1.54, 1.807) is 0 Å². The van der Waals surface area contributed by atoms with Crippen molar-refractivity contribution in [3.8, 4) is 0 Å². The first-order chi connectivity index (χ1) is 6.95. The molecule has 2 unspecified atom stereocenters. The Labute approximate surface area is 83.3 Å². The second-order valence-electron chi connectivity index (χ2n) is 3.24. The SMILES string of the molecule is CC(=O)OC12CC(=O)OC1C(=O)OC2=O. The maximum absolute atomic E-state index is 11.3. The lowest BCUT2D eigenvalue weighted by Gasteiger charge is -2.18. The number of carbonyl (C=O) groups excluding carboxylic acids is 4. The number of rotatable bonds is 1. The molecule has 80 valence electrons. The van der Waals surface area contributed by atoms with Crippen LogP contribution in [0.3, 0.4) is 0 Å². The molecule has 2 heterocycles. The maximum atomic E-state index is 11.3. The molecule has 0 aliphatic carbocycles. The molecule has 0 amide bonds. The molecule has 0 N–H and O–H groups in total. The first kappa shape index (κ1) is 9.63. The van der Waals surface area contributed by atoms with Crippen molar-refractivity contribution in [1.82, 2.24) is 0 Å². The van der Waals surface area contributed by atoms with E-state index in [2.05, 4.69) is 9.47 Å². The van der Waals surface area contributed by atoms with Gasteiger partial charge in [0.1, 0.15) is 6.42 Å². The summed E-state index contributed by atoms with van der Waals surface area (Å²) >= 11 is 0. The fraction of sp³-hybridized carbons (Fsp3) is 0.500. The molecule has 2 rings (SSSR count). The first-order valence-corrected chi connectivity index (χ1v) is 4.11. The number of fused-ring (bicyclic) bond motifs is 1. The zero-order chi connectivity index (χ0) is 11.2. The van der Waals surface area contributed by atoms with Crippen LogP contribution in [-0.2, 0) is 33.4 Å². The molecule has 0 bridgehead atoms. The Bertz CT molecular complexity index is 384. The Hall–Kier alpha value is -1.92. The van der Waals surface area contributed by atoms with Gasteiger partial charge in [0.25, 0.3) is 5.60 Å². The number of esters is 4. The van der Waals surface area contributed by atoms with Crippen LogP contribution >= 0.6 is 0 Å². The molecule has 7 heteroatoms. The molecule has 2 atom stereocenters. The topological polar surface area (TPSA) is 96.0 Å². The number of hydrogen-bond acceptors (Lipinski definition) is 7. The van der Waals surface area contributed by atoms with Crippen molar-refractivity contribution in [2.75, 3.05) is 0 Å². The zero-order valence-electron chi connectivity index (χ0n) is 7.64. The Kier molecular flexibility index (Phi) is 1.79. The normalized spacial score (nSPS) is 33.4. The van der Waals surface area contributed by atoms with Gasteiger partial charge in [0.05, 0.1) is 0 Å². The van der Waals surface area contributed by atoms with Crippen molar-refractivity contribution in [2.24, 2.45) is 0 Å². The van der Waals surface area contributed by atoms with E-state index in [0.717, 1.165) is 6.92 Å². The van der Waals surface area contributed by atoms with Crippen LogP contribution in [0.1, 0.15) is 13.3 Å². The summed E-state index contributed by atoms with van der Waals surface area (Å²) < 4.78 is 13.5. The van der Waals surface area contributed by atoms with Gasteiger partial charge in [-0.3, -0.25) is 9.59 Å². The van der Waals surface area contributed by atoms with Gasteiger partial charge < -0.3 is 14.2 Å². The molecule has 0 saturated carbocycles. The Morgan fingerprint density at radius 2 is 2.13 bits per heavy atom. The van der Waals surface area contributed by atoms with Gasteiger partial charge in [0.2, 0.25) is 6.10 Å². The van der Waals surface area contributed by atoms with E-state index in [1.165, 1.54) is 0 Å². The van der Waals surface area contributed by atoms with Gasteiger partial charge in [-0.2, -0.15) is 0 Å². The molecule has 0 aromatic rings.